The van der Waals surface area contributed by atoms with Crippen molar-refractivity contribution in [3.05, 3.63) is 83.2 Å². The Bertz CT molecular complexity index is 1170. The third-order valence-electron chi connectivity index (χ3n) is 5.44. The van der Waals surface area contributed by atoms with E-state index in [0.717, 1.165) is 10.6 Å². The third-order valence-corrected chi connectivity index (χ3v) is 6.33. The Morgan fingerprint density at radius 1 is 1.06 bits per heavy atom. The molecule has 2 aromatic carbocycles. The van der Waals surface area contributed by atoms with E-state index in [-0.39, 0.29) is 25.7 Å². The number of benzene rings is 2. The molecule has 0 bridgehead atoms. The maximum atomic E-state index is 12.6. The molecule has 0 unspecified atom stereocenters. The highest BCUT2D eigenvalue weighted by Gasteiger charge is 2.29. The van der Waals surface area contributed by atoms with Crippen LogP contribution in [0.25, 0.3) is 21.7 Å². The van der Waals surface area contributed by atoms with Crippen molar-refractivity contribution in [2.24, 2.45) is 0 Å². The van der Waals surface area contributed by atoms with Crippen LogP contribution < -0.4 is 5.32 Å². The minimum atomic E-state index is -0.543. The predicted molar refractivity (Wildman–Crippen MR) is 121 cm³/mol. The van der Waals surface area contributed by atoms with Gasteiger partial charge < -0.3 is 9.84 Å². The number of fused-ring (bicyclic) bond motifs is 3. The normalized spacial score (nSPS) is 12.4. The van der Waals surface area contributed by atoms with Crippen LogP contribution in [-0.4, -0.2) is 34.2 Å². The molecule has 1 aliphatic rings. The second-order valence-corrected chi connectivity index (χ2v) is 8.24. The van der Waals surface area contributed by atoms with Gasteiger partial charge >= 0.3 is 6.09 Å². The summed E-state index contributed by atoms with van der Waals surface area (Å²) in [6.07, 6.45) is -0.543. The number of nitrogens with zero attached hydrogens (tertiary/aromatic N) is 2. The zero-order valence-electron chi connectivity index (χ0n) is 16.7. The van der Waals surface area contributed by atoms with Crippen LogP contribution >= 0.6 is 11.3 Å². The number of carbonyl (C=O) groups is 1. The Morgan fingerprint density at radius 2 is 1.77 bits per heavy atom. The number of anilines is 1. The molecule has 1 aliphatic carbocycles. The summed E-state index contributed by atoms with van der Waals surface area (Å²) >= 11 is 1.57. The lowest BCUT2D eigenvalue weighted by Crippen LogP contribution is -2.20. The highest BCUT2D eigenvalue weighted by atomic mass is 32.1. The number of ether oxygens (including phenoxy) is 1. The minimum Gasteiger partial charge on any atom is -0.448 e. The first-order chi connectivity index (χ1) is 15.2. The molecule has 5 rings (SSSR count). The van der Waals surface area contributed by atoms with Crippen molar-refractivity contribution in [2.75, 3.05) is 18.5 Å². The Balaban J connectivity index is 1.32. The number of aliphatic hydroxyl groups excluding tert-OH is 1. The van der Waals surface area contributed by atoms with Gasteiger partial charge in [0, 0.05) is 12.0 Å². The largest absolute Gasteiger partial charge is 0.448 e. The van der Waals surface area contributed by atoms with Crippen LogP contribution in [0.15, 0.2) is 72.1 Å². The third kappa shape index (κ3) is 3.73. The Hall–Kier alpha value is -3.42. The number of hydrogen-bond acceptors (Lipinski definition) is 5. The van der Waals surface area contributed by atoms with Gasteiger partial charge in [0.2, 0.25) is 0 Å². The van der Waals surface area contributed by atoms with E-state index in [1.807, 2.05) is 41.8 Å². The van der Waals surface area contributed by atoms with E-state index >= 15 is 0 Å². The summed E-state index contributed by atoms with van der Waals surface area (Å²) in [5.41, 5.74) is 5.46. The zero-order valence-corrected chi connectivity index (χ0v) is 17.5. The first-order valence-electron chi connectivity index (χ1n) is 10.1. The lowest BCUT2D eigenvalue weighted by Gasteiger charge is -2.15. The summed E-state index contributed by atoms with van der Waals surface area (Å²) in [4.78, 5) is 13.6. The van der Waals surface area contributed by atoms with Gasteiger partial charge in [0.05, 0.1) is 18.0 Å². The van der Waals surface area contributed by atoms with Crippen molar-refractivity contribution in [1.82, 2.24) is 9.78 Å². The van der Waals surface area contributed by atoms with Gasteiger partial charge in [0.25, 0.3) is 0 Å². The van der Waals surface area contributed by atoms with Crippen molar-refractivity contribution in [3.8, 4) is 21.7 Å². The van der Waals surface area contributed by atoms with E-state index in [9.17, 15) is 9.90 Å². The average molecular weight is 432 g/mol. The summed E-state index contributed by atoms with van der Waals surface area (Å²) < 4.78 is 7.21. The van der Waals surface area contributed by atoms with Gasteiger partial charge in [0.1, 0.15) is 18.1 Å². The number of hydrogen-bond donors (Lipinski definition) is 2. The molecule has 1 amide bonds. The lowest BCUT2D eigenvalue weighted by atomic mass is 9.98. The molecule has 0 fully saturated rings. The monoisotopic (exact) mass is 431 g/mol. The molecule has 0 saturated carbocycles. The summed E-state index contributed by atoms with van der Waals surface area (Å²) in [5, 5.41) is 18.6. The van der Waals surface area contributed by atoms with Gasteiger partial charge in [0.15, 0.2) is 0 Å². The minimum absolute atomic E-state index is 0.00202. The molecule has 2 aromatic heterocycles. The topological polar surface area (TPSA) is 76.4 Å². The van der Waals surface area contributed by atoms with E-state index < -0.39 is 6.09 Å². The maximum Gasteiger partial charge on any atom is 0.412 e. The van der Waals surface area contributed by atoms with Crippen LogP contribution in [0.3, 0.4) is 0 Å². The zero-order chi connectivity index (χ0) is 21.2. The van der Waals surface area contributed by atoms with E-state index in [1.165, 1.54) is 22.3 Å². The molecular weight excluding hydrogens is 410 g/mol. The van der Waals surface area contributed by atoms with Crippen LogP contribution in [0.4, 0.5) is 10.6 Å². The first kappa shape index (κ1) is 19.5. The molecule has 0 radical (unpaired) electrons. The van der Waals surface area contributed by atoms with Crippen molar-refractivity contribution in [2.45, 2.75) is 12.5 Å². The smallest absolute Gasteiger partial charge is 0.412 e. The van der Waals surface area contributed by atoms with Crippen molar-refractivity contribution < 1.29 is 14.6 Å². The van der Waals surface area contributed by atoms with Crippen LogP contribution in [-0.2, 0) is 11.3 Å². The number of rotatable bonds is 6. The second-order valence-electron chi connectivity index (χ2n) is 7.29. The molecule has 156 valence electrons. The van der Waals surface area contributed by atoms with Gasteiger partial charge in [-0.3, -0.25) is 5.32 Å². The Morgan fingerprint density at radius 3 is 2.42 bits per heavy atom. The molecule has 6 nitrogen and oxygen atoms in total. The van der Waals surface area contributed by atoms with Crippen LogP contribution in [0.5, 0.6) is 0 Å². The Labute approximate surface area is 183 Å². The van der Waals surface area contributed by atoms with Gasteiger partial charge in [-0.1, -0.05) is 54.6 Å². The van der Waals surface area contributed by atoms with Crippen LogP contribution in [0, 0.1) is 0 Å². The Kier molecular flexibility index (Phi) is 5.28. The number of aromatic nitrogens is 2. The van der Waals surface area contributed by atoms with Crippen molar-refractivity contribution >= 4 is 23.2 Å². The van der Waals surface area contributed by atoms with Gasteiger partial charge in [-0.2, -0.15) is 5.10 Å². The summed E-state index contributed by atoms with van der Waals surface area (Å²) in [7, 11) is 0. The van der Waals surface area contributed by atoms with Gasteiger partial charge in [-0.05, 0) is 33.7 Å². The average Bonchev–Trinajstić information content (AvgIpc) is 3.51. The van der Waals surface area contributed by atoms with Crippen molar-refractivity contribution in [3.63, 3.8) is 0 Å². The molecule has 31 heavy (non-hydrogen) atoms. The van der Waals surface area contributed by atoms with Gasteiger partial charge in [-0.15, -0.1) is 11.3 Å². The van der Waals surface area contributed by atoms with Crippen LogP contribution in [0.2, 0.25) is 0 Å². The standard InChI is InChI=1S/C24H21N3O3S/c28-12-11-27-23(14-21(26-27)22-10-5-13-31-22)25-24(29)30-15-20-18-8-3-1-6-16(18)17-7-2-4-9-19(17)20/h1-10,13-14,20,28H,11-12,15H2,(H,25,29). The quantitative estimate of drug-likeness (QED) is 0.452. The first-order valence-corrected chi connectivity index (χ1v) is 11.0. The molecule has 7 heteroatoms. The van der Waals surface area contributed by atoms with E-state index in [4.69, 9.17) is 4.74 Å². The fourth-order valence-corrected chi connectivity index (χ4v) is 4.75. The summed E-state index contributed by atoms with van der Waals surface area (Å²) in [5.74, 6) is 0.497. The second kappa shape index (κ2) is 8.37. The molecule has 2 heterocycles. The molecule has 0 spiro atoms. The number of carbonyl (C=O) groups excluding carboxylic acids is 1. The molecule has 4 aromatic rings. The molecule has 2 N–H and O–H groups in total. The number of nitrogens with one attached hydrogen (secondary N) is 1. The fraction of sp³-hybridized carbons (Fsp3) is 0.167. The number of amides is 1. The molecule has 0 saturated heterocycles. The molecule has 0 atom stereocenters. The lowest BCUT2D eigenvalue weighted by molar-refractivity contribution is 0.158. The number of aliphatic hydroxyl groups is 1. The van der Waals surface area contributed by atoms with Crippen LogP contribution in [0.1, 0.15) is 17.0 Å². The SMILES string of the molecule is O=C(Nc1cc(-c2cccs2)nn1CCO)OCC1c2ccccc2-c2ccccc21. The van der Waals surface area contributed by atoms with E-state index in [1.54, 1.807) is 22.1 Å². The van der Waals surface area contributed by atoms with E-state index in [2.05, 4.69) is 34.7 Å². The summed E-state index contributed by atoms with van der Waals surface area (Å²) in [6.45, 7) is 0.446. The molecule has 0 aliphatic heterocycles. The highest BCUT2D eigenvalue weighted by Crippen LogP contribution is 2.44. The maximum absolute atomic E-state index is 12.6. The number of thiophene rings is 1. The summed E-state index contributed by atoms with van der Waals surface area (Å²) in [6, 6.07) is 22.2. The van der Waals surface area contributed by atoms with Gasteiger partial charge in [-0.25, -0.2) is 9.48 Å². The fourth-order valence-electron chi connectivity index (χ4n) is 4.07. The van der Waals surface area contributed by atoms with E-state index in [0.29, 0.717) is 5.82 Å². The van der Waals surface area contributed by atoms with Crippen molar-refractivity contribution in [1.29, 1.82) is 0 Å². The predicted octanol–water partition coefficient (Wildman–Crippen LogP) is 4.96. The highest BCUT2D eigenvalue weighted by molar-refractivity contribution is 7.13. The molecular formula is C24H21N3O3S.